The molecule has 2 aromatic heterocycles. The van der Waals surface area contributed by atoms with Gasteiger partial charge >= 0.3 is 0 Å². The van der Waals surface area contributed by atoms with E-state index in [1.54, 1.807) is 24.4 Å². The molecule has 1 atom stereocenters. The van der Waals surface area contributed by atoms with Gasteiger partial charge in [0, 0.05) is 24.0 Å². The number of hydrogen-bond donors (Lipinski definition) is 4. The third-order valence-electron chi connectivity index (χ3n) is 3.43. The fraction of sp³-hybridized carbons (Fsp3) is 0.235. The Morgan fingerprint density at radius 2 is 2.08 bits per heavy atom. The van der Waals surface area contributed by atoms with Gasteiger partial charge in [0.05, 0.1) is 22.9 Å². The van der Waals surface area contributed by atoms with Crippen LogP contribution in [0.25, 0.3) is 10.6 Å². The largest absolute Gasteiger partial charge is 0.508 e. The Morgan fingerprint density at radius 1 is 1.24 bits per heavy atom. The molecule has 8 heteroatoms. The molecule has 130 valence electrons. The van der Waals surface area contributed by atoms with E-state index in [2.05, 4.69) is 25.6 Å². The van der Waals surface area contributed by atoms with Crippen LogP contribution in [-0.2, 0) is 0 Å². The number of phenols is 1. The Hall–Kier alpha value is -2.71. The molecule has 0 fully saturated rings. The highest BCUT2D eigenvalue weighted by Crippen LogP contribution is 2.32. The number of aliphatic hydroxyl groups is 1. The molecule has 3 aromatic rings. The third-order valence-corrected chi connectivity index (χ3v) is 4.54. The summed E-state index contributed by atoms with van der Waals surface area (Å²) >= 11 is 1.48. The highest BCUT2D eigenvalue weighted by Gasteiger charge is 2.13. The summed E-state index contributed by atoms with van der Waals surface area (Å²) in [5.41, 5.74) is 2.33. The predicted molar refractivity (Wildman–Crippen MR) is 99.4 cm³/mol. The summed E-state index contributed by atoms with van der Waals surface area (Å²) in [5.74, 6) is 0.613. The van der Waals surface area contributed by atoms with Crippen LogP contribution in [0.5, 0.6) is 5.75 Å². The lowest BCUT2D eigenvalue weighted by Crippen LogP contribution is -2.18. The first-order valence-corrected chi connectivity index (χ1v) is 8.61. The molecule has 0 aliphatic heterocycles. The van der Waals surface area contributed by atoms with E-state index < -0.39 is 0 Å². The topological polar surface area (TPSA) is 103 Å². The van der Waals surface area contributed by atoms with Crippen molar-refractivity contribution in [2.45, 2.75) is 19.9 Å². The number of anilines is 3. The van der Waals surface area contributed by atoms with E-state index in [4.69, 9.17) is 5.11 Å². The van der Waals surface area contributed by atoms with Crippen LogP contribution < -0.4 is 10.6 Å². The van der Waals surface area contributed by atoms with Crippen molar-refractivity contribution in [2.75, 3.05) is 17.2 Å². The average Bonchev–Trinajstić information content (AvgIpc) is 2.95. The van der Waals surface area contributed by atoms with Crippen LogP contribution in [-0.4, -0.2) is 37.8 Å². The second-order valence-corrected chi connectivity index (χ2v) is 6.60. The second kappa shape index (κ2) is 7.45. The fourth-order valence-electron chi connectivity index (χ4n) is 2.21. The zero-order valence-electron chi connectivity index (χ0n) is 13.9. The van der Waals surface area contributed by atoms with Crippen molar-refractivity contribution in [2.24, 2.45) is 0 Å². The van der Waals surface area contributed by atoms with Gasteiger partial charge in [-0.3, -0.25) is 0 Å². The van der Waals surface area contributed by atoms with Gasteiger partial charge in [0.2, 0.25) is 5.95 Å². The van der Waals surface area contributed by atoms with Gasteiger partial charge in [-0.25, -0.2) is 15.0 Å². The Kier molecular flexibility index (Phi) is 5.11. The molecule has 1 aromatic carbocycles. The summed E-state index contributed by atoms with van der Waals surface area (Å²) in [7, 11) is 0. The highest BCUT2D eigenvalue weighted by atomic mass is 32.1. The van der Waals surface area contributed by atoms with Crippen LogP contribution in [0, 0.1) is 6.92 Å². The van der Waals surface area contributed by atoms with Crippen LogP contribution in [0.1, 0.15) is 12.6 Å². The average molecular weight is 357 g/mol. The molecule has 7 nitrogen and oxygen atoms in total. The van der Waals surface area contributed by atoms with Gasteiger partial charge in [-0.15, -0.1) is 0 Å². The third kappa shape index (κ3) is 4.23. The Morgan fingerprint density at radius 3 is 2.84 bits per heavy atom. The standard InChI is InChI=1S/C17H19N5O2S/c1-10(9-23)19-17-20-11(2)15(25-17)14-6-7-18-16(22-14)21-12-4-3-5-13(24)8-12/h3-8,10,23-24H,9H2,1-2H3,(H,19,20)(H,18,21,22). The van der Waals surface area contributed by atoms with Crippen LogP contribution in [0.15, 0.2) is 36.5 Å². The number of aromatic hydroxyl groups is 1. The summed E-state index contributed by atoms with van der Waals surface area (Å²) in [6.07, 6.45) is 1.68. The molecule has 0 aliphatic rings. The lowest BCUT2D eigenvalue weighted by molar-refractivity contribution is 0.281. The van der Waals surface area contributed by atoms with Gasteiger partial charge in [0.1, 0.15) is 5.75 Å². The van der Waals surface area contributed by atoms with Gasteiger partial charge in [0.25, 0.3) is 0 Å². The van der Waals surface area contributed by atoms with Gasteiger partial charge in [0.15, 0.2) is 5.13 Å². The molecule has 0 bridgehead atoms. The van der Waals surface area contributed by atoms with E-state index in [1.165, 1.54) is 11.3 Å². The van der Waals surface area contributed by atoms with E-state index in [0.29, 0.717) is 11.6 Å². The van der Waals surface area contributed by atoms with E-state index in [9.17, 15) is 5.11 Å². The molecule has 25 heavy (non-hydrogen) atoms. The first-order valence-electron chi connectivity index (χ1n) is 7.79. The second-order valence-electron chi connectivity index (χ2n) is 5.60. The van der Waals surface area contributed by atoms with Crippen molar-refractivity contribution in [1.29, 1.82) is 0 Å². The molecule has 0 amide bonds. The molecular weight excluding hydrogens is 338 g/mol. The van der Waals surface area contributed by atoms with Crippen molar-refractivity contribution in [1.82, 2.24) is 15.0 Å². The molecular formula is C17H19N5O2S. The molecule has 0 saturated carbocycles. The number of phenolic OH excluding ortho intramolecular Hbond substituents is 1. The lowest BCUT2D eigenvalue weighted by Gasteiger charge is -2.08. The quantitative estimate of drug-likeness (QED) is 0.537. The summed E-state index contributed by atoms with van der Waals surface area (Å²) in [6.45, 7) is 3.85. The molecule has 1 unspecified atom stereocenters. The summed E-state index contributed by atoms with van der Waals surface area (Å²) in [5, 5.41) is 25.7. The van der Waals surface area contributed by atoms with Crippen molar-refractivity contribution in [3.63, 3.8) is 0 Å². The molecule has 0 spiro atoms. The smallest absolute Gasteiger partial charge is 0.227 e. The summed E-state index contributed by atoms with van der Waals surface area (Å²) in [6, 6.07) is 8.54. The summed E-state index contributed by atoms with van der Waals surface area (Å²) in [4.78, 5) is 14.2. The lowest BCUT2D eigenvalue weighted by atomic mass is 10.3. The Balaban J connectivity index is 1.84. The number of nitrogens with one attached hydrogen (secondary N) is 2. The molecule has 4 N–H and O–H groups in total. The van der Waals surface area contributed by atoms with Crippen molar-refractivity contribution in [3.8, 4) is 16.3 Å². The molecule has 2 heterocycles. The maximum atomic E-state index is 9.54. The number of aliphatic hydroxyl groups excluding tert-OH is 1. The normalized spacial score (nSPS) is 12.0. The molecule has 0 radical (unpaired) electrons. The zero-order valence-corrected chi connectivity index (χ0v) is 14.7. The molecule has 3 rings (SSSR count). The number of rotatable bonds is 6. The Labute approximate surface area is 149 Å². The number of aromatic nitrogens is 3. The van der Waals surface area contributed by atoms with Crippen molar-refractivity contribution >= 4 is 28.1 Å². The van der Waals surface area contributed by atoms with Crippen LogP contribution in [0.2, 0.25) is 0 Å². The maximum Gasteiger partial charge on any atom is 0.227 e. The molecule has 0 aliphatic carbocycles. The number of aryl methyl sites for hydroxylation is 1. The highest BCUT2D eigenvalue weighted by molar-refractivity contribution is 7.19. The first kappa shape index (κ1) is 17.1. The van der Waals surface area contributed by atoms with Crippen LogP contribution in [0.4, 0.5) is 16.8 Å². The van der Waals surface area contributed by atoms with E-state index in [1.807, 2.05) is 26.0 Å². The van der Waals surface area contributed by atoms with E-state index >= 15 is 0 Å². The van der Waals surface area contributed by atoms with Crippen LogP contribution >= 0.6 is 11.3 Å². The zero-order chi connectivity index (χ0) is 17.8. The van der Waals surface area contributed by atoms with E-state index in [-0.39, 0.29) is 18.4 Å². The minimum absolute atomic E-state index is 0.0411. The minimum atomic E-state index is -0.0632. The first-order chi connectivity index (χ1) is 12.0. The Bertz CT molecular complexity index is 868. The number of hydrogen-bond acceptors (Lipinski definition) is 8. The minimum Gasteiger partial charge on any atom is -0.508 e. The fourth-order valence-corrected chi connectivity index (χ4v) is 3.26. The van der Waals surface area contributed by atoms with E-state index in [0.717, 1.165) is 21.4 Å². The number of nitrogens with zero attached hydrogens (tertiary/aromatic N) is 3. The molecule has 0 saturated heterocycles. The number of thiazole rings is 1. The SMILES string of the molecule is Cc1nc(NC(C)CO)sc1-c1ccnc(Nc2cccc(O)c2)n1. The van der Waals surface area contributed by atoms with Gasteiger partial charge in [-0.05, 0) is 32.0 Å². The van der Waals surface area contributed by atoms with Gasteiger partial charge in [-0.2, -0.15) is 0 Å². The predicted octanol–water partition coefficient (Wildman–Crippen LogP) is 3.15. The number of benzene rings is 1. The van der Waals surface area contributed by atoms with Gasteiger partial charge in [-0.1, -0.05) is 17.4 Å². The monoisotopic (exact) mass is 357 g/mol. The van der Waals surface area contributed by atoms with Gasteiger partial charge < -0.3 is 20.8 Å². The van der Waals surface area contributed by atoms with Crippen molar-refractivity contribution in [3.05, 3.63) is 42.2 Å². The summed E-state index contributed by atoms with van der Waals surface area (Å²) < 4.78 is 0. The van der Waals surface area contributed by atoms with Crippen LogP contribution in [0.3, 0.4) is 0 Å². The maximum absolute atomic E-state index is 9.54. The van der Waals surface area contributed by atoms with Crippen molar-refractivity contribution < 1.29 is 10.2 Å².